The van der Waals surface area contributed by atoms with E-state index >= 15 is 0 Å². The molecule has 4 nitrogen and oxygen atoms in total. The van der Waals surface area contributed by atoms with Crippen molar-refractivity contribution in [3.8, 4) is 5.88 Å². The second kappa shape index (κ2) is 5.89. The Labute approximate surface area is 140 Å². The number of ether oxygens (including phenoxy) is 1. The van der Waals surface area contributed by atoms with E-state index in [4.69, 9.17) is 27.9 Å². The molecule has 0 bridgehead atoms. The van der Waals surface area contributed by atoms with Gasteiger partial charge in [-0.1, -0.05) is 29.6 Å². The highest BCUT2D eigenvalue weighted by Gasteiger charge is 2.56. The molecule has 1 amide bonds. The number of nitrogens with zero attached hydrogens (tertiary/aromatic N) is 1. The SMILES string of the molecule is CC(C)(COc1ncc(Cl)cc1Cl)NC(=O)C1C2CCCC21. The summed E-state index contributed by atoms with van der Waals surface area (Å²) in [5.74, 6) is 1.92. The van der Waals surface area contributed by atoms with Gasteiger partial charge in [0.05, 0.1) is 10.6 Å². The van der Waals surface area contributed by atoms with Crippen molar-refractivity contribution >= 4 is 29.1 Å². The van der Waals surface area contributed by atoms with Gasteiger partial charge in [0.2, 0.25) is 11.8 Å². The largest absolute Gasteiger partial charge is 0.474 e. The van der Waals surface area contributed by atoms with E-state index < -0.39 is 5.54 Å². The fourth-order valence-electron chi connectivity index (χ4n) is 3.42. The second-order valence-corrected chi connectivity index (χ2v) is 7.73. The van der Waals surface area contributed by atoms with Gasteiger partial charge in [0, 0.05) is 12.1 Å². The Morgan fingerprint density at radius 1 is 1.41 bits per heavy atom. The van der Waals surface area contributed by atoms with Gasteiger partial charge in [-0.25, -0.2) is 4.98 Å². The van der Waals surface area contributed by atoms with E-state index in [1.54, 1.807) is 6.07 Å². The number of pyridine rings is 1. The maximum absolute atomic E-state index is 12.3. The number of carbonyl (C=O) groups is 1. The zero-order valence-corrected chi connectivity index (χ0v) is 14.2. The van der Waals surface area contributed by atoms with Gasteiger partial charge in [0.25, 0.3) is 0 Å². The third-order valence-electron chi connectivity index (χ3n) is 4.51. The van der Waals surface area contributed by atoms with Crippen LogP contribution >= 0.6 is 23.2 Å². The molecular weight excluding hydrogens is 323 g/mol. The summed E-state index contributed by atoms with van der Waals surface area (Å²) in [6.45, 7) is 4.18. The van der Waals surface area contributed by atoms with E-state index in [1.165, 1.54) is 25.5 Å². The van der Waals surface area contributed by atoms with E-state index in [9.17, 15) is 4.79 Å². The molecule has 0 saturated heterocycles. The first kappa shape index (κ1) is 15.9. The van der Waals surface area contributed by atoms with Gasteiger partial charge in [-0.05, 0) is 44.6 Å². The van der Waals surface area contributed by atoms with Crippen LogP contribution in [0.5, 0.6) is 5.88 Å². The van der Waals surface area contributed by atoms with Crippen LogP contribution < -0.4 is 10.1 Å². The number of rotatable bonds is 5. The van der Waals surface area contributed by atoms with Crippen molar-refractivity contribution in [1.29, 1.82) is 0 Å². The van der Waals surface area contributed by atoms with Gasteiger partial charge in [-0.15, -0.1) is 0 Å². The topological polar surface area (TPSA) is 51.2 Å². The number of fused-ring (bicyclic) bond motifs is 1. The summed E-state index contributed by atoms with van der Waals surface area (Å²) < 4.78 is 5.64. The van der Waals surface area contributed by atoms with Crippen molar-refractivity contribution in [3.05, 3.63) is 22.3 Å². The van der Waals surface area contributed by atoms with Crippen LogP contribution in [0.3, 0.4) is 0 Å². The van der Waals surface area contributed by atoms with Gasteiger partial charge in [-0.3, -0.25) is 4.79 Å². The van der Waals surface area contributed by atoms with Crippen molar-refractivity contribution in [2.75, 3.05) is 6.61 Å². The predicted molar refractivity (Wildman–Crippen MR) is 86.3 cm³/mol. The fourth-order valence-corrected chi connectivity index (χ4v) is 3.85. The zero-order valence-electron chi connectivity index (χ0n) is 12.7. The summed E-state index contributed by atoms with van der Waals surface area (Å²) in [6, 6.07) is 1.59. The maximum atomic E-state index is 12.3. The predicted octanol–water partition coefficient (Wildman–Crippen LogP) is 3.71. The molecule has 2 unspecified atom stereocenters. The van der Waals surface area contributed by atoms with Crippen molar-refractivity contribution in [2.24, 2.45) is 17.8 Å². The Morgan fingerprint density at radius 3 is 2.73 bits per heavy atom. The minimum Gasteiger partial charge on any atom is -0.474 e. The van der Waals surface area contributed by atoms with E-state index in [-0.39, 0.29) is 11.8 Å². The minimum atomic E-state index is -0.474. The molecule has 1 aromatic rings. The lowest BCUT2D eigenvalue weighted by Gasteiger charge is -2.26. The molecule has 2 aliphatic rings. The summed E-state index contributed by atoms with van der Waals surface area (Å²) in [4.78, 5) is 16.4. The minimum absolute atomic E-state index is 0.151. The van der Waals surface area contributed by atoms with Crippen molar-refractivity contribution in [2.45, 2.75) is 38.6 Å². The normalized spacial score (nSPS) is 26.5. The lowest BCUT2D eigenvalue weighted by atomic mass is 10.1. The summed E-state index contributed by atoms with van der Waals surface area (Å²) >= 11 is 11.8. The molecule has 2 saturated carbocycles. The Bertz CT molecular complexity index is 582. The molecule has 6 heteroatoms. The lowest BCUT2D eigenvalue weighted by Crippen LogP contribution is -2.49. The molecule has 1 N–H and O–H groups in total. The summed E-state index contributed by atoms with van der Waals surface area (Å²) in [5.41, 5.74) is -0.474. The van der Waals surface area contributed by atoms with Gasteiger partial charge in [0.15, 0.2) is 0 Å². The van der Waals surface area contributed by atoms with E-state index in [0.717, 1.165) is 0 Å². The van der Waals surface area contributed by atoms with Crippen LogP contribution in [0.15, 0.2) is 12.3 Å². The van der Waals surface area contributed by atoms with Gasteiger partial charge in [-0.2, -0.15) is 0 Å². The van der Waals surface area contributed by atoms with Crippen LogP contribution in [0.25, 0.3) is 0 Å². The number of halogens is 2. The number of hydrogen-bond acceptors (Lipinski definition) is 3. The second-order valence-electron chi connectivity index (χ2n) is 6.89. The third-order valence-corrected chi connectivity index (χ3v) is 4.99. The molecule has 0 radical (unpaired) electrons. The Balaban J connectivity index is 1.53. The highest BCUT2D eigenvalue weighted by Crippen LogP contribution is 2.57. The molecule has 2 fully saturated rings. The summed E-state index contributed by atoms with van der Waals surface area (Å²) in [7, 11) is 0. The summed E-state index contributed by atoms with van der Waals surface area (Å²) in [5, 5.41) is 3.92. The van der Waals surface area contributed by atoms with Gasteiger partial charge < -0.3 is 10.1 Å². The molecule has 2 aliphatic carbocycles. The van der Waals surface area contributed by atoms with Crippen molar-refractivity contribution in [1.82, 2.24) is 10.3 Å². The smallest absolute Gasteiger partial charge is 0.232 e. The molecule has 2 atom stereocenters. The van der Waals surface area contributed by atoms with E-state index in [0.29, 0.717) is 34.4 Å². The van der Waals surface area contributed by atoms with E-state index in [2.05, 4.69) is 10.3 Å². The molecule has 120 valence electrons. The highest BCUT2D eigenvalue weighted by atomic mass is 35.5. The lowest BCUT2D eigenvalue weighted by molar-refractivity contribution is -0.125. The number of hydrogen-bond donors (Lipinski definition) is 1. The molecular formula is C16H20Cl2N2O2. The van der Waals surface area contributed by atoms with E-state index in [1.807, 2.05) is 13.8 Å². The van der Waals surface area contributed by atoms with Crippen LogP contribution in [0.1, 0.15) is 33.1 Å². The van der Waals surface area contributed by atoms with Crippen LogP contribution in [0, 0.1) is 17.8 Å². The first-order valence-corrected chi connectivity index (χ1v) is 8.39. The third kappa shape index (κ3) is 3.33. The number of amides is 1. The standard InChI is InChI=1S/C16H20Cl2N2O2/c1-16(2,8-22-15-12(18)6-9(17)7-19-15)20-14(21)13-10-4-3-5-11(10)13/h6-7,10-11,13H,3-5,8H2,1-2H3,(H,20,21). The number of aromatic nitrogens is 1. The molecule has 3 rings (SSSR count). The van der Waals surface area contributed by atoms with Crippen LogP contribution in [0.2, 0.25) is 10.0 Å². The average molecular weight is 343 g/mol. The Morgan fingerprint density at radius 2 is 2.09 bits per heavy atom. The van der Waals surface area contributed by atoms with Crippen LogP contribution in [-0.4, -0.2) is 23.0 Å². The Hall–Kier alpha value is -1.00. The van der Waals surface area contributed by atoms with Crippen LogP contribution in [-0.2, 0) is 4.79 Å². The fraction of sp³-hybridized carbons (Fsp3) is 0.625. The number of nitrogens with one attached hydrogen (secondary N) is 1. The molecule has 22 heavy (non-hydrogen) atoms. The molecule has 0 spiro atoms. The molecule has 1 aromatic heterocycles. The summed E-state index contributed by atoms with van der Waals surface area (Å²) in [6.07, 6.45) is 5.15. The van der Waals surface area contributed by atoms with Crippen LogP contribution in [0.4, 0.5) is 0 Å². The van der Waals surface area contributed by atoms with Crippen molar-refractivity contribution < 1.29 is 9.53 Å². The molecule has 0 aliphatic heterocycles. The monoisotopic (exact) mass is 342 g/mol. The van der Waals surface area contributed by atoms with Gasteiger partial charge >= 0.3 is 0 Å². The number of carbonyl (C=O) groups excluding carboxylic acids is 1. The zero-order chi connectivity index (χ0) is 15.9. The van der Waals surface area contributed by atoms with Gasteiger partial charge in [0.1, 0.15) is 11.6 Å². The highest BCUT2D eigenvalue weighted by molar-refractivity contribution is 6.35. The average Bonchev–Trinajstić information content (AvgIpc) is 2.91. The quantitative estimate of drug-likeness (QED) is 0.887. The molecule has 0 aromatic carbocycles. The first-order chi connectivity index (χ1) is 10.4. The maximum Gasteiger partial charge on any atom is 0.232 e. The molecule has 1 heterocycles. The van der Waals surface area contributed by atoms with Crippen molar-refractivity contribution in [3.63, 3.8) is 0 Å². The first-order valence-electron chi connectivity index (χ1n) is 7.63. The Kier molecular flexibility index (Phi) is 4.25.